The first kappa shape index (κ1) is 14.2. The van der Waals surface area contributed by atoms with E-state index in [9.17, 15) is 4.79 Å². The van der Waals surface area contributed by atoms with E-state index in [4.69, 9.17) is 0 Å². The van der Waals surface area contributed by atoms with Crippen molar-refractivity contribution in [1.29, 1.82) is 0 Å². The van der Waals surface area contributed by atoms with Crippen LogP contribution in [-0.2, 0) is 19.4 Å². The van der Waals surface area contributed by atoms with Crippen LogP contribution >= 0.6 is 0 Å². The number of anilines is 1. The molecule has 1 aliphatic rings. The van der Waals surface area contributed by atoms with Gasteiger partial charge in [-0.15, -0.1) is 0 Å². The Balaban J connectivity index is 1.48. The first-order valence-corrected chi connectivity index (χ1v) is 8.50. The van der Waals surface area contributed by atoms with Crippen LogP contribution in [0.2, 0.25) is 0 Å². The number of rotatable bonds is 3. The number of hydrogen-bond acceptors (Lipinski definition) is 4. The Morgan fingerprint density at radius 1 is 1.08 bits per heavy atom. The summed E-state index contributed by atoms with van der Waals surface area (Å²) < 4.78 is 1.44. The van der Waals surface area contributed by atoms with Gasteiger partial charge in [-0.25, -0.2) is 4.98 Å². The van der Waals surface area contributed by atoms with Crippen molar-refractivity contribution in [2.75, 3.05) is 5.32 Å². The molecule has 0 saturated carbocycles. The number of aryl methyl sites for hydroxylation is 1. The molecule has 0 fully saturated rings. The highest BCUT2D eigenvalue weighted by molar-refractivity contribution is 5.85. The lowest BCUT2D eigenvalue weighted by atomic mass is 10.0. The van der Waals surface area contributed by atoms with Crippen molar-refractivity contribution in [3.63, 3.8) is 0 Å². The molecule has 0 aliphatic heterocycles. The van der Waals surface area contributed by atoms with Gasteiger partial charge < -0.3 is 5.32 Å². The first-order valence-electron chi connectivity index (χ1n) is 8.50. The molecule has 0 atom stereocenters. The molecule has 25 heavy (non-hydrogen) atoms. The molecule has 2 heterocycles. The molecule has 2 aromatic heterocycles. The number of aromatic nitrogens is 4. The summed E-state index contributed by atoms with van der Waals surface area (Å²) in [6.07, 6.45) is 2.67. The molecule has 0 bridgehead atoms. The van der Waals surface area contributed by atoms with Crippen LogP contribution in [0.3, 0.4) is 0 Å². The lowest BCUT2D eigenvalue weighted by Crippen LogP contribution is -2.20. The van der Waals surface area contributed by atoms with E-state index in [0.717, 1.165) is 30.5 Å². The van der Waals surface area contributed by atoms with E-state index in [-0.39, 0.29) is 5.56 Å². The zero-order valence-electron chi connectivity index (χ0n) is 13.6. The predicted octanol–water partition coefficient (Wildman–Crippen LogP) is 2.67. The van der Waals surface area contributed by atoms with E-state index >= 15 is 0 Å². The van der Waals surface area contributed by atoms with Crippen LogP contribution in [0, 0.1) is 0 Å². The fourth-order valence-electron chi connectivity index (χ4n) is 3.59. The van der Waals surface area contributed by atoms with E-state index in [1.54, 1.807) is 0 Å². The molecule has 6 nitrogen and oxygen atoms in total. The Bertz CT molecular complexity index is 1150. The molecule has 0 radical (unpaired) electrons. The number of benzene rings is 2. The van der Waals surface area contributed by atoms with Crippen LogP contribution in [-0.4, -0.2) is 19.6 Å². The summed E-state index contributed by atoms with van der Waals surface area (Å²) in [5.74, 6) is 0.993. The van der Waals surface area contributed by atoms with Crippen molar-refractivity contribution in [1.82, 2.24) is 19.6 Å². The average Bonchev–Trinajstić information content (AvgIpc) is 3.27. The standard InChI is InChI=1S/C19H17N5O/c25-17-15-9-4-10-16(15)21-19-22-18(23-24(17)19)20-11-13-7-3-6-12-5-1-2-8-14(12)13/h1-3,5-8H,4,9-11H2,(H2,20,21,22,23). The maximum absolute atomic E-state index is 12.5. The number of nitrogens with zero attached hydrogens (tertiary/aromatic N) is 3. The van der Waals surface area contributed by atoms with Crippen LogP contribution in [0.15, 0.2) is 47.3 Å². The minimum absolute atomic E-state index is 0.0248. The van der Waals surface area contributed by atoms with Gasteiger partial charge in [0.1, 0.15) is 0 Å². The smallest absolute Gasteiger partial charge is 0.277 e. The van der Waals surface area contributed by atoms with Crippen molar-refractivity contribution in [3.05, 3.63) is 69.6 Å². The van der Waals surface area contributed by atoms with Gasteiger partial charge in [0.25, 0.3) is 11.3 Å². The lowest BCUT2D eigenvalue weighted by molar-refractivity contribution is 0.868. The third-order valence-electron chi connectivity index (χ3n) is 4.84. The SMILES string of the molecule is O=c1c2c(nc3nc(NCc4cccc5ccccc45)[nH]n13)CCC2. The van der Waals surface area contributed by atoms with Gasteiger partial charge in [-0.1, -0.05) is 42.5 Å². The van der Waals surface area contributed by atoms with Gasteiger partial charge in [-0.3, -0.25) is 9.89 Å². The number of hydrogen-bond donors (Lipinski definition) is 2. The quantitative estimate of drug-likeness (QED) is 0.605. The molecule has 4 aromatic rings. The van der Waals surface area contributed by atoms with E-state index in [0.29, 0.717) is 18.3 Å². The van der Waals surface area contributed by atoms with Gasteiger partial charge in [0.2, 0.25) is 5.95 Å². The molecule has 1 aliphatic carbocycles. The Kier molecular flexibility index (Phi) is 3.09. The number of H-pyrrole nitrogens is 1. The van der Waals surface area contributed by atoms with E-state index in [1.165, 1.54) is 20.9 Å². The third-order valence-corrected chi connectivity index (χ3v) is 4.84. The minimum atomic E-state index is -0.0248. The number of aromatic amines is 1. The molecule has 5 rings (SSSR count). The summed E-state index contributed by atoms with van der Waals surface area (Å²) in [6, 6.07) is 14.5. The average molecular weight is 331 g/mol. The van der Waals surface area contributed by atoms with Crippen LogP contribution in [0.5, 0.6) is 0 Å². The molecular formula is C19H17N5O. The summed E-state index contributed by atoms with van der Waals surface area (Å²) in [7, 11) is 0. The normalized spacial score (nSPS) is 13.4. The maximum Gasteiger partial charge on any atom is 0.277 e. The highest BCUT2D eigenvalue weighted by Crippen LogP contribution is 2.20. The Morgan fingerprint density at radius 2 is 1.96 bits per heavy atom. The van der Waals surface area contributed by atoms with E-state index in [1.807, 2.05) is 12.1 Å². The van der Waals surface area contributed by atoms with E-state index in [2.05, 4.69) is 50.7 Å². The highest BCUT2D eigenvalue weighted by atomic mass is 16.1. The van der Waals surface area contributed by atoms with Crippen LogP contribution in [0.1, 0.15) is 23.2 Å². The van der Waals surface area contributed by atoms with Crippen molar-refractivity contribution < 1.29 is 0 Å². The molecule has 0 unspecified atom stereocenters. The minimum Gasteiger partial charge on any atom is -0.350 e. The molecule has 6 heteroatoms. The summed E-state index contributed by atoms with van der Waals surface area (Å²) in [5, 5.41) is 8.73. The monoisotopic (exact) mass is 331 g/mol. The molecule has 0 spiro atoms. The van der Waals surface area contributed by atoms with E-state index < -0.39 is 0 Å². The van der Waals surface area contributed by atoms with Crippen LogP contribution in [0.25, 0.3) is 16.6 Å². The number of fused-ring (bicyclic) bond motifs is 3. The van der Waals surface area contributed by atoms with Gasteiger partial charge in [0, 0.05) is 12.1 Å². The van der Waals surface area contributed by atoms with Gasteiger partial charge in [-0.05, 0) is 35.6 Å². The molecule has 2 aromatic carbocycles. The third kappa shape index (κ3) is 2.29. The second-order valence-electron chi connectivity index (χ2n) is 6.40. The lowest BCUT2D eigenvalue weighted by Gasteiger charge is -2.07. The summed E-state index contributed by atoms with van der Waals surface area (Å²) in [5.41, 5.74) is 2.88. The topological polar surface area (TPSA) is 75.1 Å². The first-order chi connectivity index (χ1) is 12.3. The van der Waals surface area contributed by atoms with Crippen molar-refractivity contribution in [2.45, 2.75) is 25.8 Å². The van der Waals surface area contributed by atoms with Gasteiger partial charge >= 0.3 is 0 Å². The Hall–Kier alpha value is -3.15. The summed E-state index contributed by atoms with van der Waals surface area (Å²) >= 11 is 0. The van der Waals surface area contributed by atoms with Crippen molar-refractivity contribution in [3.8, 4) is 0 Å². The molecule has 124 valence electrons. The largest absolute Gasteiger partial charge is 0.350 e. The second-order valence-corrected chi connectivity index (χ2v) is 6.40. The molecular weight excluding hydrogens is 314 g/mol. The van der Waals surface area contributed by atoms with Gasteiger partial charge in [0.15, 0.2) is 0 Å². The fourth-order valence-corrected chi connectivity index (χ4v) is 3.59. The Morgan fingerprint density at radius 3 is 2.92 bits per heavy atom. The highest BCUT2D eigenvalue weighted by Gasteiger charge is 2.19. The summed E-state index contributed by atoms with van der Waals surface area (Å²) in [4.78, 5) is 21.5. The summed E-state index contributed by atoms with van der Waals surface area (Å²) in [6.45, 7) is 0.621. The molecule has 0 amide bonds. The zero-order valence-corrected chi connectivity index (χ0v) is 13.6. The van der Waals surface area contributed by atoms with Gasteiger partial charge in [-0.2, -0.15) is 9.50 Å². The van der Waals surface area contributed by atoms with Crippen LogP contribution in [0.4, 0.5) is 5.95 Å². The van der Waals surface area contributed by atoms with Gasteiger partial charge in [0.05, 0.1) is 5.69 Å². The van der Waals surface area contributed by atoms with Crippen molar-refractivity contribution >= 4 is 22.5 Å². The molecule has 0 saturated heterocycles. The second kappa shape index (κ2) is 5.44. The predicted molar refractivity (Wildman–Crippen MR) is 96.9 cm³/mol. The molecule has 2 N–H and O–H groups in total. The number of nitrogens with one attached hydrogen (secondary N) is 2. The maximum atomic E-state index is 12.5. The van der Waals surface area contributed by atoms with Crippen molar-refractivity contribution in [2.24, 2.45) is 0 Å². The fraction of sp³-hybridized carbons (Fsp3) is 0.211. The van der Waals surface area contributed by atoms with Crippen LogP contribution < -0.4 is 10.9 Å². The zero-order chi connectivity index (χ0) is 16.8. The Labute approximate surface area is 143 Å².